The zero-order valence-corrected chi connectivity index (χ0v) is 21.4. The van der Waals surface area contributed by atoms with Crippen LogP contribution in [0.4, 0.5) is 0 Å². The molecule has 4 rings (SSSR count). The molecule has 0 aliphatic carbocycles. The van der Waals surface area contributed by atoms with Crippen LogP contribution in [0.15, 0.2) is 76.3 Å². The van der Waals surface area contributed by atoms with E-state index in [1.165, 1.54) is 17.6 Å². The van der Waals surface area contributed by atoms with Crippen molar-refractivity contribution >= 4 is 67.0 Å². The van der Waals surface area contributed by atoms with E-state index < -0.39 is 11.9 Å². The van der Waals surface area contributed by atoms with E-state index in [0.29, 0.717) is 32.7 Å². The second-order valence-corrected chi connectivity index (χ2v) is 9.36. The van der Waals surface area contributed by atoms with Gasteiger partial charge in [0.2, 0.25) is 0 Å². The number of para-hydroxylation sites is 1. The number of methoxy groups -OCH3 is 1. The lowest BCUT2D eigenvalue weighted by Crippen LogP contribution is -2.24. The van der Waals surface area contributed by atoms with Crippen LogP contribution in [-0.4, -0.2) is 31.8 Å². The maximum absolute atomic E-state index is 12.7. The Labute approximate surface area is 218 Å². The Morgan fingerprint density at radius 3 is 2.57 bits per heavy atom. The van der Waals surface area contributed by atoms with E-state index in [4.69, 9.17) is 25.8 Å². The number of rotatable bonds is 8. The molecular weight excluding hydrogens is 556 g/mol. The summed E-state index contributed by atoms with van der Waals surface area (Å²) < 4.78 is 17.7. The summed E-state index contributed by atoms with van der Waals surface area (Å²) in [5.41, 5.74) is 3.10. The molecule has 0 bridgehead atoms. The van der Waals surface area contributed by atoms with Gasteiger partial charge < -0.3 is 14.2 Å². The smallest absolute Gasteiger partial charge is 0.355 e. The van der Waals surface area contributed by atoms with Gasteiger partial charge in [0.15, 0.2) is 6.61 Å². The third-order valence-electron chi connectivity index (χ3n) is 4.71. The molecule has 0 aliphatic heterocycles. The molecule has 3 aromatic carbocycles. The third-order valence-corrected chi connectivity index (χ3v) is 7.00. The van der Waals surface area contributed by atoms with E-state index in [0.717, 1.165) is 14.6 Å². The SMILES string of the molecule is COc1ccc2c(Cl)c(C(=O)Oc3ccc(C=NNC(=O)COc4ccccc4Br)cc3)sc2c1. The van der Waals surface area contributed by atoms with Crippen LogP contribution in [0, 0.1) is 0 Å². The molecule has 0 aliphatic rings. The first-order chi connectivity index (χ1) is 16.9. The minimum absolute atomic E-state index is 0.179. The van der Waals surface area contributed by atoms with E-state index in [9.17, 15) is 9.59 Å². The number of ether oxygens (including phenoxy) is 3. The van der Waals surface area contributed by atoms with Gasteiger partial charge in [-0.05, 0) is 76.1 Å². The Balaban J connectivity index is 1.31. The number of thiophene rings is 1. The first-order valence-corrected chi connectivity index (χ1v) is 12.2. The predicted octanol–water partition coefficient (Wildman–Crippen LogP) is 6.07. The van der Waals surface area contributed by atoms with Gasteiger partial charge in [0.1, 0.15) is 22.1 Å². The molecule has 0 fully saturated rings. The van der Waals surface area contributed by atoms with Crippen LogP contribution in [0.1, 0.15) is 15.2 Å². The van der Waals surface area contributed by atoms with E-state index in [1.807, 2.05) is 30.3 Å². The second-order valence-electron chi connectivity index (χ2n) is 7.08. The fourth-order valence-electron chi connectivity index (χ4n) is 3.00. The lowest BCUT2D eigenvalue weighted by atomic mass is 10.2. The molecule has 1 aromatic heterocycles. The summed E-state index contributed by atoms with van der Waals surface area (Å²) in [5, 5.41) is 5.03. The number of hydrogen-bond donors (Lipinski definition) is 1. The van der Waals surface area contributed by atoms with Crippen molar-refractivity contribution in [2.75, 3.05) is 13.7 Å². The Kier molecular flexibility index (Phi) is 8.02. The van der Waals surface area contributed by atoms with Gasteiger partial charge in [-0.25, -0.2) is 10.2 Å². The van der Waals surface area contributed by atoms with Crippen LogP contribution >= 0.6 is 38.9 Å². The van der Waals surface area contributed by atoms with Crippen LogP contribution in [0.25, 0.3) is 10.1 Å². The molecule has 4 aromatic rings. The van der Waals surface area contributed by atoms with Crippen LogP contribution in [0.2, 0.25) is 5.02 Å². The van der Waals surface area contributed by atoms with Crippen molar-refractivity contribution in [2.24, 2.45) is 5.10 Å². The number of nitrogens with one attached hydrogen (secondary N) is 1. The van der Waals surface area contributed by atoms with Crippen molar-refractivity contribution in [3.63, 3.8) is 0 Å². The average molecular weight is 574 g/mol. The number of amides is 1. The number of fused-ring (bicyclic) bond motifs is 1. The van der Waals surface area contributed by atoms with E-state index in [2.05, 4.69) is 26.5 Å². The van der Waals surface area contributed by atoms with Crippen LogP contribution < -0.4 is 19.6 Å². The fraction of sp³-hybridized carbons (Fsp3) is 0.0800. The van der Waals surface area contributed by atoms with E-state index in [1.54, 1.807) is 43.5 Å². The van der Waals surface area contributed by atoms with Crippen LogP contribution in [-0.2, 0) is 4.79 Å². The normalized spacial score (nSPS) is 10.9. The summed E-state index contributed by atoms with van der Waals surface area (Å²) in [6.07, 6.45) is 1.47. The summed E-state index contributed by atoms with van der Waals surface area (Å²) in [7, 11) is 1.58. The van der Waals surface area contributed by atoms with Gasteiger partial charge in [-0.15, -0.1) is 11.3 Å². The van der Waals surface area contributed by atoms with Crippen LogP contribution in [0.3, 0.4) is 0 Å². The Hall–Kier alpha value is -3.40. The standard InChI is InChI=1S/C25H18BrClN2O5S/c1-32-17-10-11-18-21(12-17)35-24(23(18)27)25(31)34-16-8-6-15(7-9-16)13-28-29-22(30)14-33-20-5-3-2-4-19(20)26/h2-13H,14H2,1H3,(H,29,30). The summed E-state index contributed by atoms with van der Waals surface area (Å²) in [4.78, 5) is 24.9. The zero-order valence-electron chi connectivity index (χ0n) is 18.3. The molecule has 1 heterocycles. The molecule has 0 saturated carbocycles. The first-order valence-electron chi connectivity index (χ1n) is 10.2. The highest BCUT2D eigenvalue weighted by Crippen LogP contribution is 2.37. The number of carbonyl (C=O) groups is 2. The van der Waals surface area contributed by atoms with Gasteiger partial charge in [0.05, 0.1) is 22.8 Å². The van der Waals surface area contributed by atoms with Crippen molar-refractivity contribution in [3.05, 3.63) is 86.7 Å². The number of hydrazone groups is 1. The molecular formula is C25H18BrClN2O5S. The van der Waals surface area contributed by atoms with Gasteiger partial charge in [-0.3, -0.25) is 4.79 Å². The predicted molar refractivity (Wildman–Crippen MR) is 140 cm³/mol. The van der Waals surface area contributed by atoms with Gasteiger partial charge in [0, 0.05) is 10.1 Å². The number of nitrogens with zero attached hydrogens (tertiary/aromatic N) is 1. The topological polar surface area (TPSA) is 86.2 Å². The fourth-order valence-corrected chi connectivity index (χ4v) is 4.81. The van der Waals surface area contributed by atoms with Gasteiger partial charge >= 0.3 is 5.97 Å². The highest BCUT2D eigenvalue weighted by Gasteiger charge is 2.19. The van der Waals surface area contributed by atoms with Crippen molar-refractivity contribution < 1.29 is 23.8 Å². The third kappa shape index (κ3) is 6.19. The van der Waals surface area contributed by atoms with Crippen molar-refractivity contribution in [2.45, 2.75) is 0 Å². The molecule has 0 radical (unpaired) electrons. The van der Waals surface area contributed by atoms with Gasteiger partial charge in [-0.1, -0.05) is 23.7 Å². The Morgan fingerprint density at radius 2 is 1.83 bits per heavy atom. The number of halogens is 2. The molecule has 1 N–H and O–H groups in total. The summed E-state index contributed by atoms with van der Waals surface area (Å²) >= 11 is 11.0. The average Bonchev–Trinajstić information content (AvgIpc) is 3.20. The molecule has 0 spiro atoms. The molecule has 1 amide bonds. The second kappa shape index (κ2) is 11.4. The number of hydrogen-bond acceptors (Lipinski definition) is 7. The monoisotopic (exact) mass is 572 g/mol. The van der Waals surface area contributed by atoms with E-state index in [-0.39, 0.29) is 6.61 Å². The zero-order chi connectivity index (χ0) is 24.8. The molecule has 10 heteroatoms. The number of carbonyl (C=O) groups excluding carboxylic acids is 2. The van der Waals surface area contributed by atoms with Crippen molar-refractivity contribution in [1.29, 1.82) is 0 Å². The maximum Gasteiger partial charge on any atom is 0.355 e. The van der Waals surface area contributed by atoms with Gasteiger partial charge in [0.25, 0.3) is 5.91 Å². The number of benzene rings is 3. The lowest BCUT2D eigenvalue weighted by Gasteiger charge is -2.06. The molecule has 178 valence electrons. The maximum atomic E-state index is 12.7. The first kappa shape index (κ1) is 24.7. The minimum atomic E-state index is -0.547. The largest absolute Gasteiger partial charge is 0.497 e. The molecule has 0 atom stereocenters. The molecule has 7 nitrogen and oxygen atoms in total. The Morgan fingerprint density at radius 1 is 1.09 bits per heavy atom. The summed E-state index contributed by atoms with van der Waals surface area (Å²) in [6.45, 7) is -0.179. The number of esters is 1. The quantitative estimate of drug-likeness (QED) is 0.120. The minimum Gasteiger partial charge on any atom is -0.497 e. The van der Waals surface area contributed by atoms with Crippen molar-refractivity contribution in [3.8, 4) is 17.2 Å². The molecule has 0 saturated heterocycles. The van der Waals surface area contributed by atoms with E-state index >= 15 is 0 Å². The van der Waals surface area contributed by atoms with Gasteiger partial charge in [-0.2, -0.15) is 5.10 Å². The highest BCUT2D eigenvalue weighted by atomic mass is 79.9. The summed E-state index contributed by atoms with van der Waals surface area (Å²) in [6, 6.07) is 19.3. The van der Waals surface area contributed by atoms with Crippen LogP contribution in [0.5, 0.6) is 17.2 Å². The Bertz CT molecular complexity index is 1410. The lowest BCUT2D eigenvalue weighted by molar-refractivity contribution is -0.123. The molecule has 0 unspecified atom stereocenters. The molecule has 35 heavy (non-hydrogen) atoms. The highest BCUT2D eigenvalue weighted by molar-refractivity contribution is 9.10. The van der Waals surface area contributed by atoms with Crippen molar-refractivity contribution in [1.82, 2.24) is 5.43 Å². The summed E-state index contributed by atoms with van der Waals surface area (Å²) in [5.74, 6) is 0.646.